The number of alkyl halides is 15. The number of carboxylic acid groups (broad SMARTS) is 1. The number of aliphatic carboxylic acids is 1. The first kappa shape index (κ1) is 29.3. The van der Waals surface area contributed by atoms with Crippen LogP contribution in [0.3, 0.4) is 0 Å². The minimum absolute atomic E-state index is 0.905. The Morgan fingerprint density at radius 2 is 1.10 bits per heavy atom. The minimum Gasteiger partial charge on any atom is -0.481 e. The molecule has 0 amide bonds. The molecule has 0 radical (unpaired) electrons. The highest BCUT2D eigenvalue weighted by Crippen LogP contribution is 2.58. The molecular weight excluding hydrogens is 493 g/mol. The van der Waals surface area contributed by atoms with Gasteiger partial charge < -0.3 is 9.84 Å². The van der Waals surface area contributed by atoms with Gasteiger partial charge in [0.05, 0.1) is 19.6 Å². The topological polar surface area (TPSA) is 55.8 Å². The second kappa shape index (κ2) is 8.70. The van der Waals surface area contributed by atoms with E-state index in [4.69, 9.17) is 5.11 Å². The van der Waals surface area contributed by atoms with Crippen LogP contribution < -0.4 is 0 Å². The van der Waals surface area contributed by atoms with Crippen LogP contribution in [-0.2, 0) is 14.3 Å². The Hall–Kier alpha value is -1.66. The van der Waals surface area contributed by atoms with Crippen molar-refractivity contribution in [1.29, 1.82) is 0 Å². The van der Waals surface area contributed by atoms with E-state index in [2.05, 4.69) is 4.74 Å². The van der Waals surface area contributed by atoms with E-state index in [9.17, 15) is 70.7 Å². The number of hydrogen-bond acceptors (Lipinski definition) is 3. The van der Waals surface area contributed by atoms with Gasteiger partial charge in [0.2, 0.25) is 0 Å². The van der Waals surface area contributed by atoms with Gasteiger partial charge in [-0.25, -0.2) is 0 Å². The summed E-state index contributed by atoms with van der Waals surface area (Å²) in [5, 5.41) is 8.17. The molecule has 0 saturated carbocycles. The molecule has 0 rings (SSSR count). The highest BCUT2D eigenvalue weighted by Gasteiger charge is 2.86. The maximum atomic E-state index is 13.4. The summed E-state index contributed by atoms with van der Waals surface area (Å²) < 4.78 is 198. The first-order chi connectivity index (χ1) is 13.4. The second-order valence-electron chi connectivity index (χ2n) is 5.57. The summed E-state index contributed by atoms with van der Waals surface area (Å²) >= 11 is 0. The van der Waals surface area contributed by atoms with Gasteiger partial charge >= 0.3 is 48.1 Å². The van der Waals surface area contributed by atoms with E-state index in [0.29, 0.717) is 0 Å². The SMILES string of the molecule is O=C(O)CCOCCC(F)(F)C(F)(F)C(F)(F)C(F)(F)OC(F)(C(F)(F)F)C(F)(F)F. The Morgan fingerprint density at radius 1 is 0.677 bits per heavy atom. The van der Waals surface area contributed by atoms with Gasteiger partial charge in [-0.1, -0.05) is 0 Å². The molecule has 0 spiro atoms. The van der Waals surface area contributed by atoms with Crippen LogP contribution >= 0.6 is 0 Å². The Balaban J connectivity index is 5.83. The molecule has 0 saturated heterocycles. The predicted octanol–water partition coefficient (Wildman–Crippen LogP) is 5.17. The van der Waals surface area contributed by atoms with Crippen LogP contribution in [0.15, 0.2) is 0 Å². The van der Waals surface area contributed by atoms with Crippen molar-refractivity contribution in [2.24, 2.45) is 0 Å². The van der Waals surface area contributed by atoms with E-state index in [0.717, 1.165) is 0 Å². The van der Waals surface area contributed by atoms with Crippen molar-refractivity contribution in [2.75, 3.05) is 13.2 Å². The fourth-order valence-corrected chi connectivity index (χ4v) is 1.55. The van der Waals surface area contributed by atoms with Crippen LogP contribution in [0.5, 0.6) is 0 Å². The van der Waals surface area contributed by atoms with Crippen LogP contribution in [0.25, 0.3) is 0 Å². The first-order valence-corrected chi connectivity index (χ1v) is 7.21. The molecule has 19 heteroatoms. The minimum atomic E-state index is -7.82. The molecule has 186 valence electrons. The summed E-state index contributed by atoms with van der Waals surface area (Å²) in [6.07, 6.45) is -26.4. The Labute approximate surface area is 160 Å². The fraction of sp³-hybridized carbons (Fsp3) is 0.917. The summed E-state index contributed by atoms with van der Waals surface area (Å²) in [6, 6.07) is 0. The van der Waals surface area contributed by atoms with Gasteiger partial charge in [-0.3, -0.25) is 9.53 Å². The molecule has 1 N–H and O–H groups in total. The lowest BCUT2D eigenvalue weighted by molar-refractivity contribution is -0.520. The van der Waals surface area contributed by atoms with Crippen molar-refractivity contribution < 1.29 is 85.2 Å². The van der Waals surface area contributed by atoms with E-state index < -0.39 is 74.1 Å². The number of rotatable bonds is 11. The number of carbonyl (C=O) groups is 1. The van der Waals surface area contributed by atoms with Gasteiger partial charge in [-0.2, -0.15) is 65.9 Å². The standard InChI is InChI=1S/C12H9F15O4/c13-6(14,2-4-30-3-1-5(28)29)7(15,16)8(17,18)12(26,27)31-9(19,10(20,21)22)11(23,24)25/h1-4H2,(H,28,29). The zero-order valence-electron chi connectivity index (χ0n) is 14.2. The fourth-order valence-electron chi connectivity index (χ4n) is 1.55. The number of ether oxygens (including phenoxy) is 2. The largest absolute Gasteiger partial charge is 0.481 e. The molecule has 0 aliphatic heterocycles. The third kappa shape index (κ3) is 5.78. The van der Waals surface area contributed by atoms with Crippen LogP contribution in [0.2, 0.25) is 0 Å². The summed E-state index contributed by atoms with van der Waals surface area (Å²) in [7, 11) is 0. The molecule has 0 aromatic carbocycles. The highest BCUT2D eigenvalue weighted by molar-refractivity contribution is 5.66. The lowest BCUT2D eigenvalue weighted by Gasteiger charge is -2.39. The maximum absolute atomic E-state index is 13.4. The lowest BCUT2D eigenvalue weighted by Crippen LogP contribution is -2.67. The van der Waals surface area contributed by atoms with Crippen LogP contribution in [0.1, 0.15) is 12.8 Å². The molecule has 0 aromatic rings. The number of carboxylic acids is 1. The molecule has 0 bridgehead atoms. The van der Waals surface area contributed by atoms with Gasteiger partial charge in [-0.05, 0) is 0 Å². The molecular formula is C12H9F15O4. The average molecular weight is 502 g/mol. The number of halogens is 15. The molecule has 4 nitrogen and oxygen atoms in total. The van der Waals surface area contributed by atoms with Crippen LogP contribution in [-0.4, -0.2) is 66.4 Å². The number of hydrogen-bond donors (Lipinski definition) is 1. The Bertz CT molecular complexity index is 610. The smallest absolute Gasteiger partial charge is 0.458 e. The van der Waals surface area contributed by atoms with Crippen molar-refractivity contribution >= 4 is 5.97 Å². The van der Waals surface area contributed by atoms with E-state index in [-0.39, 0.29) is 0 Å². The predicted molar refractivity (Wildman–Crippen MR) is 64.5 cm³/mol. The van der Waals surface area contributed by atoms with E-state index in [1.807, 2.05) is 0 Å². The monoisotopic (exact) mass is 502 g/mol. The Morgan fingerprint density at radius 3 is 1.45 bits per heavy atom. The van der Waals surface area contributed by atoms with Gasteiger partial charge in [0.1, 0.15) is 0 Å². The highest BCUT2D eigenvalue weighted by atomic mass is 19.4. The van der Waals surface area contributed by atoms with Gasteiger partial charge in [0.25, 0.3) is 0 Å². The third-order valence-electron chi connectivity index (χ3n) is 3.24. The zero-order chi connectivity index (χ0) is 25.3. The van der Waals surface area contributed by atoms with E-state index >= 15 is 0 Å². The molecule has 0 aliphatic carbocycles. The third-order valence-corrected chi connectivity index (χ3v) is 3.24. The first-order valence-electron chi connectivity index (χ1n) is 7.21. The molecule has 0 aromatic heterocycles. The average Bonchev–Trinajstić information content (AvgIpc) is 2.50. The van der Waals surface area contributed by atoms with Crippen molar-refractivity contribution in [3.8, 4) is 0 Å². The zero-order valence-corrected chi connectivity index (χ0v) is 14.2. The van der Waals surface area contributed by atoms with Gasteiger partial charge in [-0.15, -0.1) is 0 Å². The normalized spacial score (nSPS) is 15.3. The van der Waals surface area contributed by atoms with E-state index in [1.165, 1.54) is 4.74 Å². The quantitative estimate of drug-likeness (QED) is 0.313. The summed E-state index contributed by atoms with van der Waals surface area (Å²) in [6.45, 7) is -2.63. The Kier molecular flexibility index (Phi) is 8.24. The van der Waals surface area contributed by atoms with Crippen molar-refractivity contribution in [3.63, 3.8) is 0 Å². The van der Waals surface area contributed by atoms with Gasteiger partial charge in [0.15, 0.2) is 0 Å². The lowest BCUT2D eigenvalue weighted by atomic mass is 10.0. The van der Waals surface area contributed by atoms with E-state index in [1.54, 1.807) is 0 Å². The van der Waals surface area contributed by atoms with Crippen molar-refractivity contribution in [1.82, 2.24) is 0 Å². The molecule has 0 heterocycles. The second-order valence-corrected chi connectivity index (χ2v) is 5.57. The maximum Gasteiger partial charge on any atom is 0.458 e. The summed E-state index contributed by atoms with van der Waals surface area (Å²) in [5.74, 6) is -30.7. The molecule has 0 atom stereocenters. The van der Waals surface area contributed by atoms with Crippen LogP contribution in [0.4, 0.5) is 65.9 Å². The summed E-state index contributed by atoms with van der Waals surface area (Å²) in [4.78, 5) is 10.1. The molecule has 0 aliphatic rings. The summed E-state index contributed by atoms with van der Waals surface area (Å²) in [5.41, 5.74) is 0. The van der Waals surface area contributed by atoms with Crippen LogP contribution in [0, 0.1) is 0 Å². The van der Waals surface area contributed by atoms with Crippen molar-refractivity contribution in [2.45, 2.75) is 54.9 Å². The molecule has 0 fully saturated rings. The van der Waals surface area contributed by atoms with Gasteiger partial charge in [0, 0.05) is 6.42 Å². The molecule has 0 unspecified atom stereocenters. The molecule has 31 heavy (non-hydrogen) atoms. The van der Waals surface area contributed by atoms with Crippen molar-refractivity contribution in [3.05, 3.63) is 0 Å².